The second-order valence-electron chi connectivity index (χ2n) is 7.15. The van der Waals surface area contributed by atoms with Crippen LogP contribution in [0.25, 0.3) is 6.08 Å². The molecule has 1 N–H and O–H groups in total. The molecule has 0 aromatic heterocycles. The van der Waals surface area contributed by atoms with Crippen molar-refractivity contribution in [3.05, 3.63) is 53.6 Å². The smallest absolute Gasteiger partial charge is 0.283 e. The topological polar surface area (TPSA) is 106 Å². The molecule has 0 saturated heterocycles. The normalized spacial score (nSPS) is 16.2. The van der Waals surface area contributed by atoms with Gasteiger partial charge in [-0.25, -0.2) is 0 Å². The Morgan fingerprint density at radius 1 is 1.03 bits per heavy atom. The molecule has 0 atom stereocenters. The lowest BCUT2D eigenvalue weighted by molar-refractivity contribution is -0.114. The average Bonchev–Trinajstić information content (AvgIpc) is 3.21. The highest BCUT2D eigenvalue weighted by molar-refractivity contribution is 8.26. The molecule has 0 bridgehead atoms. The van der Waals surface area contributed by atoms with Gasteiger partial charge in [0, 0.05) is 0 Å². The van der Waals surface area contributed by atoms with Crippen molar-refractivity contribution in [1.82, 2.24) is 5.01 Å². The van der Waals surface area contributed by atoms with Crippen molar-refractivity contribution < 1.29 is 23.7 Å². The predicted octanol–water partition coefficient (Wildman–Crippen LogP) is 4.19. The van der Waals surface area contributed by atoms with Crippen LogP contribution in [0, 0.1) is 5.41 Å². The van der Waals surface area contributed by atoms with E-state index in [0.29, 0.717) is 42.1 Å². The van der Waals surface area contributed by atoms with Crippen LogP contribution in [-0.4, -0.2) is 53.9 Å². The van der Waals surface area contributed by atoms with Crippen LogP contribution in [0.2, 0.25) is 0 Å². The lowest BCUT2D eigenvalue weighted by atomic mass is 10.1. The number of ether oxygens (including phenoxy) is 4. The molecule has 2 aromatic rings. The predicted molar refractivity (Wildman–Crippen MR) is 132 cm³/mol. The molecule has 0 unspecified atom stereocenters. The van der Waals surface area contributed by atoms with E-state index in [4.69, 9.17) is 24.4 Å². The van der Waals surface area contributed by atoms with Gasteiger partial charge in [0.05, 0.1) is 24.3 Å². The molecular formula is C24H24N4O5S. The third-order valence-corrected chi connectivity index (χ3v) is 5.63. The number of carbonyl (C=O) groups excluding carboxylic acids is 1. The Morgan fingerprint density at radius 3 is 2.50 bits per heavy atom. The molecule has 0 aliphatic carbocycles. The summed E-state index contributed by atoms with van der Waals surface area (Å²) in [7, 11) is 1.62. The van der Waals surface area contributed by atoms with Gasteiger partial charge in [0.15, 0.2) is 17.3 Å². The van der Waals surface area contributed by atoms with Gasteiger partial charge in [0.25, 0.3) is 5.91 Å². The van der Waals surface area contributed by atoms with Crippen molar-refractivity contribution in [2.45, 2.75) is 13.8 Å². The summed E-state index contributed by atoms with van der Waals surface area (Å²) in [6.45, 7) is 4.80. The molecule has 4 rings (SSSR count). The summed E-state index contributed by atoms with van der Waals surface area (Å²) in [6.07, 6.45) is 1.61. The Morgan fingerprint density at radius 2 is 1.76 bits per heavy atom. The molecule has 0 radical (unpaired) electrons. The number of amidine groups is 2. The number of hydrogen-bond donors (Lipinski definition) is 1. The Bertz CT molecular complexity index is 1190. The number of amides is 1. The second-order valence-corrected chi connectivity index (χ2v) is 8.31. The van der Waals surface area contributed by atoms with Crippen LogP contribution in [0.3, 0.4) is 0 Å². The molecule has 0 spiro atoms. The number of aliphatic imine (C=N–C) groups is 1. The first kappa shape index (κ1) is 23.4. The van der Waals surface area contributed by atoms with Crippen molar-refractivity contribution in [1.29, 1.82) is 5.41 Å². The van der Waals surface area contributed by atoms with Gasteiger partial charge in [-0.15, -0.1) is 0 Å². The van der Waals surface area contributed by atoms with E-state index < -0.39 is 5.91 Å². The Balaban J connectivity index is 1.44. The van der Waals surface area contributed by atoms with Gasteiger partial charge in [-0.1, -0.05) is 6.07 Å². The summed E-state index contributed by atoms with van der Waals surface area (Å²) in [4.78, 5) is 16.5. The molecule has 2 aromatic carbocycles. The summed E-state index contributed by atoms with van der Waals surface area (Å²) >= 11 is 1.27. The SMILES string of the molecule is CCOc1cc(/C=C2/C(=N)N3N=C(C)SC3=NC2=O)ccc1OCCOc1ccc(OC)cc1. The lowest BCUT2D eigenvalue weighted by Crippen LogP contribution is -2.35. The molecule has 2 aliphatic heterocycles. The molecule has 1 amide bonds. The third-order valence-electron chi connectivity index (χ3n) is 4.80. The van der Waals surface area contributed by atoms with Crippen LogP contribution in [-0.2, 0) is 4.79 Å². The molecule has 0 saturated carbocycles. The minimum Gasteiger partial charge on any atom is -0.497 e. The fraction of sp³-hybridized carbons (Fsp3) is 0.250. The number of methoxy groups -OCH3 is 1. The highest BCUT2D eigenvalue weighted by Crippen LogP contribution is 2.31. The molecule has 2 aliphatic rings. The van der Waals surface area contributed by atoms with E-state index in [0.717, 1.165) is 16.5 Å². The van der Waals surface area contributed by atoms with Crippen LogP contribution in [0.4, 0.5) is 0 Å². The average molecular weight is 481 g/mol. The quantitative estimate of drug-likeness (QED) is 0.424. The number of thioether (sulfide) groups is 1. The molecule has 176 valence electrons. The number of carbonyl (C=O) groups is 1. The van der Waals surface area contributed by atoms with E-state index >= 15 is 0 Å². The maximum absolute atomic E-state index is 12.5. The van der Waals surface area contributed by atoms with Gasteiger partial charge in [-0.05, 0) is 73.6 Å². The molecular weight excluding hydrogens is 456 g/mol. The number of nitrogens with one attached hydrogen (secondary N) is 1. The van der Waals surface area contributed by atoms with Gasteiger partial charge in [-0.3, -0.25) is 10.2 Å². The first-order valence-corrected chi connectivity index (χ1v) is 11.4. The fourth-order valence-corrected chi connectivity index (χ4v) is 3.97. The Kier molecular flexibility index (Phi) is 7.17. The number of fused-ring (bicyclic) bond motifs is 1. The van der Waals surface area contributed by atoms with Crippen LogP contribution in [0.15, 0.2) is 58.1 Å². The highest BCUT2D eigenvalue weighted by Gasteiger charge is 2.34. The maximum Gasteiger partial charge on any atom is 0.283 e. The minimum absolute atomic E-state index is 0.00619. The highest BCUT2D eigenvalue weighted by atomic mass is 32.2. The summed E-state index contributed by atoms with van der Waals surface area (Å²) in [5, 5.41) is 15.1. The van der Waals surface area contributed by atoms with E-state index in [1.54, 1.807) is 31.4 Å². The van der Waals surface area contributed by atoms with Gasteiger partial charge in [0.1, 0.15) is 24.7 Å². The Hall–Kier alpha value is -3.79. The van der Waals surface area contributed by atoms with E-state index in [1.807, 2.05) is 38.1 Å². The molecule has 10 heteroatoms. The zero-order valence-electron chi connectivity index (χ0n) is 19.0. The lowest BCUT2D eigenvalue weighted by Gasteiger charge is -2.20. The number of hydrazone groups is 1. The zero-order valence-corrected chi connectivity index (χ0v) is 19.8. The van der Waals surface area contributed by atoms with Gasteiger partial charge in [-0.2, -0.15) is 15.1 Å². The first-order chi connectivity index (χ1) is 16.5. The van der Waals surface area contributed by atoms with E-state index in [9.17, 15) is 4.79 Å². The van der Waals surface area contributed by atoms with Gasteiger partial charge >= 0.3 is 0 Å². The van der Waals surface area contributed by atoms with E-state index in [1.165, 1.54) is 16.8 Å². The first-order valence-electron chi connectivity index (χ1n) is 10.6. The number of hydrogen-bond acceptors (Lipinski definition) is 8. The van der Waals surface area contributed by atoms with Crippen LogP contribution in [0.5, 0.6) is 23.0 Å². The van der Waals surface area contributed by atoms with Crippen LogP contribution < -0.4 is 18.9 Å². The molecule has 2 heterocycles. The van der Waals surface area contributed by atoms with Crippen LogP contribution >= 0.6 is 11.8 Å². The maximum atomic E-state index is 12.5. The van der Waals surface area contributed by atoms with E-state index in [2.05, 4.69) is 10.1 Å². The molecule has 34 heavy (non-hydrogen) atoms. The van der Waals surface area contributed by atoms with Crippen molar-refractivity contribution >= 4 is 39.8 Å². The van der Waals surface area contributed by atoms with Gasteiger partial charge in [0.2, 0.25) is 5.17 Å². The summed E-state index contributed by atoms with van der Waals surface area (Å²) < 4.78 is 22.4. The van der Waals surface area contributed by atoms with E-state index in [-0.39, 0.29) is 11.4 Å². The Labute approximate surface area is 201 Å². The standard InChI is InChI=1S/C24H24N4O5S/c1-4-31-21-14-16(13-19-22(25)28-24(26-23(19)29)34-15(2)27-28)5-10-20(21)33-12-11-32-18-8-6-17(30-3)7-9-18/h5-10,13-14,25H,4,11-12H2,1-3H3/b19-13-,25-22?. The van der Waals surface area contributed by atoms with Crippen molar-refractivity contribution in [2.75, 3.05) is 26.9 Å². The third kappa shape index (κ3) is 5.23. The summed E-state index contributed by atoms with van der Waals surface area (Å²) in [5.74, 6) is 2.10. The van der Waals surface area contributed by atoms with Crippen molar-refractivity contribution in [3.63, 3.8) is 0 Å². The fourth-order valence-electron chi connectivity index (χ4n) is 3.24. The van der Waals surface area contributed by atoms with Crippen molar-refractivity contribution in [3.8, 4) is 23.0 Å². The summed E-state index contributed by atoms with van der Waals surface area (Å²) in [5.41, 5.74) is 0.844. The number of rotatable bonds is 9. The monoisotopic (exact) mass is 480 g/mol. The second kappa shape index (κ2) is 10.4. The molecule has 0 fully saturated rings. The minimum atomic E-state index is -0.470. The number of benzene rings is 2. The summed E-state index contributed by atoms with van der Waals surface area (Å²) in [6, 6.07) is 12.6. The largest absolute Gasteiger partial charge is 0.497 e. The van der Waals surface area contributed by atoms with Crippen LogP contribution in [0.1, 0.15) is 19.4 Å². The van der Waals surface area contributed by atoms with Gasteiger partial charge < -0.3 is 18.9 Å². The number of nitrogens with zero attached hydrogens (tertiary/aromatic N) is 3. The zero-order chi connectivity index (χ0) is 24.1. The van der Waals surface area contributed by atoms with Crippen molar-refractivity contribution in [2.24, 2.45) is 10.1 Å². The molecule has 9 nitrogen and oxygen atoms in total.